The number of nitrogens with one attached hydrogen (secondary N) is 1. The number of benzene rings is 1. The molecular weight excluding hydrogens is 214 g/mol. The lowest BCUT2D eigenvalue weighted by Gasteiger charge is -2.01. The smallest absolute Gasteiger partial charge is 0.359 e. The van der Waals surface area contributed by atoms with Gasteiger partial charge in [0.2, 0.25) is 0 Å². The molecule has 0 fully saturated rings. The number of rotatable bonds is 3. The van der Waals surface area contributed by atoms with Crippen molar-refractivity contribution in [2.75, 3.05) is 6.61 Å². The third kappa shape index (κ3) is 1.52. The zero-order chi connectivity index (χ0) is 11.7. The third-order valence-corrected chi connectivity index (χ3v) is 2.10. The fourth-order valence-electron chi connectivity index (χ4n) is 1.44. The van der Waals surface area contributed by atoms with Crippen LogP contribution in [0.5, 0.6) is 0 Å². The number of non-ortho nitro benzene ring substituents is 1. The van der Waals surface area contributed by atoms with Gasteiger partial charge in [0, 0.05) is 12.1 Å². The SMILES string of the molecule is CCOn1c(=O)[nH]c2ccc([N+](=O)[O-])cc21. The Bertz CT molecular complexity index is 598. The van der Waals surface area contributed by atoms with Crippen LogP contribution in [0.25, 0.3) is 11.0 Å². The minimum absolute atomic E-state index is 0.0834. The van der Waals surface area contributed by atoms with Crippen molar-refractivity contribution in [2.45, 2.75) is 6.92 Å². The Labute approximate surface area is 89.4 Å². The molecule has 7 heteroatoms. The summed E-state index contributed by atoms with van der Waals surface area (Å²) in [6.45, 7) is 2.03. The number of nitrogens with zero attached hydrogens (tertiary/aromatic N) is 2. The molecule has 0 radical (unpaired) electrons. The van der Waals surface area contributed by atoms with Gasteiger partial charge < -0.3 is 9.82 Å². The molecule has 0 bridgehead atoms. The molecule has 2 aromatic rings. The molecule has 1 aromatic carbocycles. The highest BCUT2D eigenvalue weighted by molar-refractivity contribution is 5.77. The maximum atomic E-state index is 11.4. The molecule has 84 valence electrons. The highest BCUT2D eigenvalue weighted by Crippen LogP contribution is 2.17. The van der Waals surface area contributed by atoms with Gasteiger partial charge in [0.05, 0.1) is 10.4 Å². The van der Waals surface area contributed by atoms with Gasteiger partial charge in [0.25, 0.3) is 5.69 Å². The van der Waals surface area contributed by atoms with E-state index in [4.69, 9.17) is 4.84 Å². The Kier molecular flexibility index (Phi) is 2.35. The van der Waals surface area contributed by atoms with Crippen LogP contribution in [-0.4, -0.2) is 21.2 Å². The van der Waals surface area contributed by atoms with Crippen LogP contribution in [0.3, 0.4) is 0 Å². The number of H-pyrrole nitrogens is 1. The average Bonchev–Trinajstić information content (AvgIpc) is 2.55. The van der Waals surface area contributed by atoms with E-state index in [0.29, 0.717) is 17.6 Å². The average molecular weight is 223 g/mol. The first-order valence-corrected chi connectivity index (χ1v) is 4.66. The summed E-state index contributed by atoms with van der Waals surface area (Å²) in [7, 11) is 0. The molecule has 1 aromatic heterocycles. The van der Waals surface area contributed by atoms with Gasteiger partial charge in [-0.2, -0.15) is 0 Å². The monoisotopic (exact) mass is 223 g/mol. The summed E-state index contributed by atoms with van der Waals surface area (Å²) >= 11 is 0. The maximum absolute atomic E-state index is 11.4. The standard InChI is InChI=1S/C9H9N3O4/c1-2-16-11-8-5-6(12(14)15)3-4-7(8)10-9(11)13/h3-5H,2H2,1H3,(H,10,13). The number of aromatic amines is 1. The van der Waals surface area contributed by atoms with Gasteiger partial charge in [0.15, 0.2) is 0 Å². The van der Waals surface area contributed by atoms with E-state index in [9.17, 15) is 14.9 Å². The number of nitro groups is 1. The molecule has 1 N–H and O–H groups in total. The molecule has 0 unspecified atom stereocenters. The van der Waals surface area contributed by atoms with E-state index >= 15 is 0 Å². The molecule has 0 amide bonds. The Morgan fingerprint density at radius 2 is 2.31 bits per heavy atom. The largest absolute Gasteiger partial charge is 0.409 e. The van der Waals surface area contributed by atoms with Gasteiger partial charge in [-0.05, 0) is 13.0 Å². The van der Waals surface area contributed by atoms with Crippen molar-refractivity contribution in [3.8, 4) is 0 Å². The van der Waals surface area contributed by atoms with Gasteiger partial charge in [0.1, 0.15) is 12.1 Å². The minimum Gasteiger partial charge on any atom is -0.409 e. The van der Waals surface area contributed by atoms with Crippen LogP contribution in [0, 0.1) is 10.1 Å². The maximum Gasteiger partial charge on any atom is 0.359 e. The number of nitro benzene ring substituents is 1. The predicted octanol–water partition coefficient (Wildman–Crippen LogP) is 0.686. The molecule has 0 atom stereocenters. The van der Waals surface area contributed by atoms with Crippen molar-refractivity contribution in [1.82, 2.24) is 9.71 Å². The number of hydrogen-bond acceptors (Lipinski definition) is 4. The molecular formula is C9H9N3O4. The van der Waals surface area contributed by atoms with Crippen LogP contribution in [0.15, 0.2) is 23.0 Å². The van der Waals surface area contributed by atoms with Gasteiger partial charge in [-0.25, -0.2) is 4.79 Å². The Balaban J connectivity index is 2.69. The topological polar surface area (TPSA) is 90.2 Å². The molecule has 0 saturated carbocycles. The van der Waals surface area contributed by atoms with E-state index in [2.05, 4.69) is 4.98 Å². The van der Waals surface area contributed by atoms with Gasteiger partial charge >= 0.3 is 5.69 Å². The summed E-state index contributed by atoms with van der Waals surface area (Å²) in [6, 6.07) is 4.10. The molecule has 16 heavy (non-hydrogen) atoms. The summed E-state index contributed by atoms with van der Waals surface area (Å²) in [5.74, 6) is 0. The van der Waals surface area contributed by atoms with Crippen LogP contribution >= 0.6 is 0 Å². The molecule has 7 nitrogen and oxygen atoms in total. The highest BCUT2D eigenvalue weighted by Gasteiger charge is 2.12. The fourth-order valence-corrected chi connectivity index (χ4v) is 1.44. The summed E-state index contributed by atoms with van der Waals surface area (Å²) in [6.07, 6.45) is 0. The normalized spacial score (nSPS) is 10.6. The third-order valence-electron chi connectivity index (χ3n) is 2.10. The zero-order valence-corrected chi connectivity index (χ0v) is 8.47. The van der Waals surface area contributed by atoms with E-state index in [1.165, 1.54) is 18.2 Å². The van der Waals surface area contributed by atoms with Crippen LogP contribution in [0.1, 0.15) is 6.92 Å². The predicted molar refractivity (Wildman–Crippen MR) is 56.3 cm³/mol. The lowest BCUT2D eigenvalue weighted by atomic mass is 10.3. The highest BCUT2D eigenvalue weighted by atomic mass is 16.7. The van der Waals surface area contributed by atoms with E-state index in [0.717, 1.165) is 4.73 Å². The van der Waals surface area contributed by atoms with Crippen molar-refractivity contribution in [1.29, 1.82) is 0 Å². The lowest BCUT2D eigenvalue weighted by Crippen LogP contribution is -2.24. The Morgan fingerprint density at radius 3 is 2.94 bits per heavy atom. The minimum atomic E-state index is -0.521. The van der Waals surface area contributed by atoms with Crippen LogP contribution < -0.4 is 10.5 Å². The molecule has 0 saturated heterocycles. The number of hydrogen-bond donors (Lipinski definition) is 1. The van der Waals surface area contributed by atoms with E-state index < -0.39 is 10.6 Å². The second kappa shape index (κ2) is 3.69. The van der Waals surface area contributed by atoms with Crippen molar-refractivity contribution in [3.63, 3.8) is 0 Å². The Hall–Kier alpha value is -2.31. The molecule has 0 aliphatic rings. The first kappa shape index (κ1) is 10.2. The van der Waals surface area contributed by atoms with Crippen molar-refractivity contribution < 1.29 is 9.76 Å². The van der Waals surface area contributed by atoms with Crippen molar-refractivity contribution in [3.05, 3.63) is 38.8 Å². The number of imidazole rings is 1. The second-order valence-corrected chi connectivity index (χ2v) is 3.10. The molecule has 0 aliphatic carbocycles. The fraction of sp³-hybridized carbons (Fsp3) is 0.222. The number of aromatic nitrogens is 2. The van der Waals surface area contributed by atoms with Crippen molar-refractivity contribution >= 4 is 16.7 Å². The van der Waals surface area contributed by atoms with Gasteiger partial charge in [-0.15, -0.1) is 4.73 Å². The summed E-state index contributed by atoms with van der Waals surface area (Å²) in [5.41, 5.74) is 0.336. The zero-order valence-electron chi connectivity index (χ0n) is 8.47. The van der Waals surface area contributed by atoms with E-state index in [1.807, 2.05) is 0 Å². The van der Waals surface area contributed by atoms with Crippen LogP contribution in [0.2, 0.25) is 0 Å². The molecule has 0 spiro atoms. The van der Waals surface area contributed by atoms with Gasteiger partial charge in [-0.3, -0.25) is 10.1 Å². The first-order chi connectivity index (χ1) is 7.63. The quantitative estimate of drug-likeness (QED) is 0.612. The molecule has 1 heterocycles. The summed E-state index contributed by atoms with van der Waals surface area (Å²) in [5, 5.41) is 10.6. The van der Waals surface area contributed by atoms with Crippen molar-refractivity contribution in [2.24, 2.45) is 0 Å². The lowest BCUT2D eigenvalue weighted by molar-refractivity contribution is -0.384. The Morgan fingerprint density at radius 1 is 1.56 bits per heavy atom. The number of fused-ring (bicyclic) bond motifs is 1. The first-order valence-electron chi connectivity index (χ1n) is 4.66. The van der Waals surface area contributed by atoms with Crippen LogP contribution in [-0.2, 0) is 0 Å². The van der Waals surface area contributed by atoms with E-state index in [1.54, 1.807) is 6.92 Å². The summed E-state index contributed by atoms with van der Waals surface area (Å²) < 4.78 is 1.02. The molecule has 0 aliphatic heterocycles. The van der Waals surface area contributed by atoms with E-state index in [-0.39, 0.29) is 5.69 Å². The van der Waals surface area contributed by atoms with Crippen LogP contribution in [0.4, 0.5) is 5.69 Å². The second-order valence-electron chi connectivity index (χ2n) is 3.10. The van der Waals surface area contributed by atoms with Gasteiger partial charge in [-0.1, -0.05) is 0 Å². The summed E-state index contributed by atoms with van der Waals surface area (Å²) in [4.78, 5) is 29.1. The molecule has 2 rings (SSSR count).